The van der Waals surface area contributed by atoms with Gasteiger partial charge in [-0.25, -0.2) is 4.21 Å². The number of ether oxygens (including phenoxy) is 1. The van der Waals surface area contributed by atoms with Gasteiger partial charge < -0.3 is 20.1 Å². The summed E-state index contributed by atoms with van der Waals surface area (Å²) in [6.45, 7) is 2.49. The van der Waals surface area contributed by atoms with E-state index in [4.69, 9.17) is 10.5 Å². The molecule has 0 radical (unpaired) electrons. The Morgan fingerprint density at radius 2 is 2.00 bits per heavy atom. The van der Waals surface area contributed by atoms with Crippen LogP contribution >= 0.6 is 0 Å². The van der Waals surface area contributed by atoms with Crippen molar-refractivity contribution in [3.05, 3.63) is 65.6 Å². The van der Waals surface area contributed by atoms with E-state index < -0.39 is 11.0 Å². The predicted octanol–water partition coefficient (Wildman–Crippen LogP) is 2.37. The van der Waals surface area contributed by atoms with Crippen LogP contribution in [0.5, 0.6) is 0 Å². The van der Waals surface area contributed by atoms with Crippen LogP contribution in [0.4, 0.5) is 5.69 Å². The van der Waals surface area contributed by atoms with Crippen molar-refractivity contribution in [1.29, 1.82) is 0 Å². The molecule has 0 saturated carbocycles. The zero-order valence-electron chi connectivity index (χ0n) is 14.9. The summed E-state index contributed by atoms with van der Waals surface area (Å²) in [5, 5.41) is 0. The van der Waals surface area contributed by atoms with E-state index in [1.54, 1.807) is 6.26 Å². The first-order chi connectivity index (χ1) is 12.0. The molecule has 5 nitrogen and oxygen atoms in total. The molecular weight excluding hydrogens is 334 g/mol. The lowest BCUT2D eigenvalue weighted by Crippen LogP contribution is -2.25. The number of nitrogen functional groups attached to an aromatic ring is 1. The second-order valence-corrected chi connectivity index (χ2v) is 7.17. The molecule has 1 atom stereocenters. The van der Waals surface area contributed by atoms with Gasteiger partial charge in [-0.15, -0.1) is 0 Å². The Balaban J connectivity index is 1.70. The molecule has 1 aromatic rings. The summed E-state index contributed by atoms with van der Waals surface area (Å²) < 4.78 is 19.9. The highest BCUT2D eigenvalue weighted by Crippen LogP contribution is 2.12. The smallest absolute Gasteiger partial charge is 0.113 e. The van der Waals surface area contributed by atoms with E-state index in [1.165, 1.54) is 5.56 Å². The lowest BCUT2D eigenvalue weighted by Gasteiger charge is -2.17. The molecule has 1 unspecified atom stereocenters. The molecule has 1 aromatic carbocycles. The normalized spacial score (nSPS) is 15.3. The maximum absolute atomic E-state index is 11.2. The molecule has 25 heavy (non-hydrogen) atoms. The average molecular weight is 362 g/mol. The minimum Gasteiger partial charge on any atom is -0.496 e. The average Bonchev–Trinajstić information content (AvgIpc) is 2.79. The summed E-state index contributed by atoms with van der Waals surface area (Å²) in [6.07, 6.45) is 11.1. The van der Waals surface area contributed by atoms with E-state index in [0.717, 1.165) is 43.1 Å². The number of allylic oxidation sites excluding steroid dienone is 4. The van der Waals surface area contributed by atoms with Crippen molar-refractivity contribution in [1.82, 2.24) is 9.62 Å². The Hall–Kier alpha value is -2.05. The van der Waals surface area contributed by atoms with E-state index in [2.05, 4.69) is 28.8 Å². The number of nitrogens with one attached hydrogen (secondary N) is 1. The second-order valence-electron chi connectivity index (χ2n) is 6.06. The Labute approximate surface area is 152 Å². The van der Waals surface area contributed by atoms with Gasteiger partial charge in [0.05, 0.1) is 5.76 Å². The molecule has 0 aromatic heterocycles. The van der Waals surface area contributed by atoms with Crippen molar-refractivity contribution in [2.45, 2.75) is 12.8 Å². The van der Waals surface area contributed by atoms with Crippen molar-refractivity contribution >= 4 is 16.7 Å². The number of benzene rings is 1. The predicted molar refractivity (Wildman–Crippen MR) is 105 cm³/mol. The third kappa shape index (κ3) is 7.58. The quantitative estimate of drug-likeness (QED) is 0.663. The Bertz CT molecular complexity index is 666. The first kappa shape index (κ1) is 19.3. The first-order valence-corrected chi connectivity index (χ1v) is 9.92. The number of hydrogen-bond acceptors (Lipinski definition) is 4. The van der Waals surface area contributed by atoms with Gasteiger partial charge >= 0.3 is 0 Å². The van der Waals surface area contributed by atoms with Gasteiger partial charge in [0.25, 0.3) is 0 Å². The number of likely N-dealkylation sites (N-methyl/N-ethyl adjacent to an activating group) is 1. The van der Waals surface area contributed by atoms with E-state index in [9.17, 15) is 4.21 Å². The van der Waals surface area contributed by atoms with Crippen LogP contribution < -0.4 is 10.5 Å². The van der Waals surface area contributed by atoms with E-state index in [0.29, 0.717) is 6.61 Å². The minimum atomic E-state index is -1.07. The van der Waals surface area contributed by atoms with Gasteiger partial charge in [0.2, 0.25) is 0 Å². The van der Waals surface area contributed by atoms with Crippen LogP contribution in [0.1, 0.15) is 12.0 Å². The summed E-state index contributed by atoms with van der Waals surface area (Å²) in [5.41, 5.74) is 8.62. The number of rotatable bonds is 9. The van der Waals surface area contributed by atoms with E-state index >= 15 is 0 Å². The Kier molecular flexibility index (Phi) is 7.76. The molecule has 136 valence electrons. The molecule has 0 bridgehead atoms. The van der Waals surface area contributed by atoms with Gasteiger partial charge in [-0.2, -0.15) is 0 Å². The summed E-state index contributed by atoms with van der Waals surface area (Å²) in [4.78, 5) is 2.26. The van der Waals surface area contributed by atoms with Crippen LogP contribution in [0, 0.1) is 0 Å². The fraction of sp³-hybridized carbons (Fsp3) is 0.368. The van der Waals surface area contributed by atoms with Gasteiger partial charge in [-0.1, -0.05) is 18.2 Å². The molecule has 0 saturated heterocycles. The van der Waals surface area contributed by atoms with Crippen molar-refractivity contribution in [3.8, 4) is 0 Å². The van der Waals surface area contributed by atoms with Gasteiger partial charge in [-0.3, -0.25) is 0 Å². The lowest BCUT2D eigenvalue weighted by atomic mass is 10.1. The van der Waals surface area contributed by atoms with Gasteiger partial charge in [0, 0.05) is 37.2 Å². The molecule has 6 heteroatoms. The van der Waals surface area contributed by atoms with Crippen LogP contribution in [0.2, 0.25) is 0 Å². The summed E-state index contributed by atoms with van der Waals surface area (Å²) in [5.74, 6) is 0.918. The molecule has 2 rings (SSSR count). The fourth-order valence-corrected chi connectivity index (χ4v) is 2.87. The molecule has 1 aliphatic rings. The molecular formula is C19H27N3O2S. The van der Waals surface area contributed by atoms with Crippen LogP contribution in [-0.2, 0) is 22.1 Å². The summed E-state index contributed by atoms with van der Waals surface area (Å²) >= 11 is 0. The number of nitrogens with two attached hydrogens (primary N) is 1. The monoisotopic (exact) mass is 361 g/mol. The molecule has 0 fully saturated rings. The highest BCUT2D eigenvalue weighted by molar-refractivity contribution is 7.82. The van der Waals surface area contributed by atoms with Crippen LogP contribution in [0.25, 0.3) is 0 Å². The molecule has 0 amide bonds. The Morgan fingerprint density at radius 1 is 1.24 bits per heavy atom. The third-order valence-electron chi connectivity index (χ3n) is 3.85. The zero-order chi connectivity index (χ0) is 18.1. The Morgan fingerprint density at radius 3 is 2.72 bits per heavy atom. The number of nitrogens with zero attached hydrogens (tertiary/aromatic N) is 1. The highest BCUT2D eigenvalue weighted by Gasteiger charge is 2.04. The van der Waals surface area contributed by atoms with Crippen molar-refractivity contribution in [2.75, 3.05) is 38.7 Å². The molecule has 3 N–H and O–H groups in total. The zero-order valence-corrected chi connectivity index (χ0v) is 15.7. The van der Waals surface area contributed by atoms with Crippen LogP contribution in [-0.4, -0.2) is 42.1 Å². The molecule has 0 aliphatic heterocycles. The summed E-state index contributed by atoms with van der Waals surface area (Å²) in [6, 6.07) is 8.03. The van der Waals surface area contributed by atoms with E-state index in [1.807, 2.05) is 36.4 Å². The van der Waals surface area contributed by atoms with Crippen molar-refractivity contribution in [2.24, 2.45) is 0 Å². The van der Waals surface area contributed by atoms with Crippen molar-refractivity contribution < 1.29 is 8.95 Å². The largest absolute Gasteiger partial charge is 0.496 e. The lowest BCUT2D eigenvalue weighted by molar-refractivity contribution is 0.169. The second kappa shape index (κ2) is 10.1. The number of hydrogen-bond donors (Lipinski definition) is 2. The highest BCUT2D eigenvalue weighted by atomic mass is 32.2. The third-order valence-corrected chi connectivity index (χ3v) is 4.37. The maximum Gasteiger partial charge on any atom is 0.113 e. The molecule has 1 aliphatic carbocycles. The van der Waals surface area contributed by atoms with Crippen LogP contribution in [0.3, 0.4) is 0 Å². The van der Waals surface area contributed by atoms with Gasteiger partial charge in [0.1, 0.15) is 17.6 Å². The maximum atomic E-state index is 11.2. The van der Waals surface area contributed by atoms with Crippen LogP contribution in [0.15, 0.2) is 60.0 Å². The van der Waals surface area contributed by atoms with Gasteiger partial charge in [-0.05, 0) is 49.4 Å². The molecule has 0 heterocycles. The summed E-state index contributed by atoms with van der Waals surface area (Å²) in [7, 11) is 1.03. The fourth-order valence-electron chi connectivity index (χ4n) is 2.40. The standard InChI is InChI=1S/C19H27N3O2S/c1-22(13-12-16-6-8-17(20)9-7-16)14-15-24-19-5-3-4-18(10-11-19)21-25(2)23/h3-4,6-11,21H,5,12-15,20H2,1-2H3. The molecule has 0 spiro atoms. The minimum absolute atomic E-state index is 0.647. The van der Waals surface area contributed by atoms with E-state index in [-0.39, 0.29) is 0 Å². The number of anilines is 1. The topological polar surface area (TPSA) is 67.6 Å². The van der Waals surface area contributed by atoms with Crippen molar-refractivity contribution in [3.63, 3.8) is 0 Å². The first-order valence-electron chi connectivity index (χ1n) is 8.36. The SMILES string of the molecule is CN(CCOC1=CC=C(NS(C)=O)C=CC1)CCc1ccc(N)cc1. The van der Waals surface area contributed by atoms with Gasteiger partial charge in [0.15, 0.2) is 0 Å².